The van der Waals surface area contributed by atoms with Crippen LogP contribution >= 0.6 is 11.3 Å². The van der Waals surface area contributed by atoms with Crippen molar-refractivity contribution in [3.05, 3.63) is 94.0 Å². The van der Waals surface area contributed by atoms with Crippen molar-refractivity contribution >= 4 is 22.9 Å². The van der Waals surface area contributed by atoms with Crippen molar-refractivity contribution in [2.45, 2.75) is 20.0 Å². The smallest absolute Gasteiger partial charge is 0.251 e. The third-order valence-corrected chi connectivity index (χ3v) is 7.03. The number of benzene rings is 2. The summed E-state index contributed by atoms with van der Waals surface area (Å²) in [5.74, 6) is 1.36. The Labute approximate surface area is 203 Å². The highest BCUT2D eigenvalue weighted by atomic mass is 32.1. The fraction of sp³-hybridized carbons (Fsp3) is 0.259. The maximum Gasteiger partial charge on any atom is 0.251 e. The summed E-state index contributed by atoms with van der Waals surface area (Å²) in [6.07, 6.45) is 0. The van der Waals surface area contributed by atoms with E-state index in [0.29, 0.717) is 18.0 Å². The molecule has 1 N–H and O–H groups in total. The Morgan fingerprint density at radius 3 is 2.47 bits per heavy atom. The van der Waals surface area contributed by atoms with Crippen LogP contribution in [0, 0.1) is 6.92 Å². The number of rotatable bonds is 7. The van der Waals surface area contributed by atoms with Crippen molar-refractivity contribution in [3.63, 3.8) is 0 Å². The van der Waals surface area contributed by atoms with E-state index >= 15 is 0 Å². The molecule has 1 amide bonds. The van der Waals surface area contributed by atoms with E-state index in [9.17, 15) is 4.79 Å². The second-order valence-electron chi connectivity index (χ2n) is 8.46. The predicted octanol–water partition coefficient (Wildman–Crippen LogP) is 4.96. The van der Waals surface area contributed by atoms with Crippen LogP contribution in [-0.2, 0) is 13.1 Å². The van der Waals surface area contributed by atoms with E-state index < -0.39 is 0 Å². The zero-order valence-electron chi connectivity index (χ0n) is 19.2. The van der Waals surface area contributed by atoms with E-state index in [1.54, 1.807) is 11.3 Å². The van der Waals surface area contributed by atoms with E-state index in [1.165, 1.54) is 5.69 Å². The first-order valence-electron chi connectivity index (χ1n) is 11.6. The number of piperazine rings is 1. The largest absolute Gasteiger partial charge is 0.441 e. The first-order chi connectivity index (χ1) is 16.7. The minimum absolute atomic E-state index is 0.0844. The van der Waals surface area contributed by atoms with Gasteiger partial charge in [-0.1, -0.05) is 24.3 Å². The summed E-state index contributed by atoms with van der Waals surface area (Å²) in [6.45, 7) is 7.28. The average molecular weight is 473 g/mol. The van der Waals surface area contributed by atoms with Crippen LogP contribution in [-0.4, -0.2) is 42.0 Å². The molecule has 0 unspecified atom stereocenters. The number of para-hydroxylation sites is 1. The van der Waals surface area contributed by atoms with Crippen molar-refractivity contribution in [1.29, 1.82) is 0 Å². The molecule has 0 radical (unpaired) electrons. The predicted molar refractivity (Wildman–Crippen MR) is 136 cm³/mol. The van der Waals surface area contributed by atoms with Gasteiger partial charge in [0.1, 0.15) is 5.76 Å². The van der Waals surface area contributed by atoms with Gasteiger partial charge in [-0.05, 0) is 54.8 Å². The molecule has 34 heavy (non-hydrogen) atoms. The van der Waals surface area contributed by atoms with Gasteiger partial charge in [-0.2, -0.15) is 0 Å². The van der Waals surface area contributed by atoms with Gasteiger partial charge in [-0.15, -0.1) is 11.3 Å². The summed E-state index contributed by atoms with van der Waals surface area (Å²) in [5.41, 5.74) is 3.75. The minimum atomic E-state index is -0.0844. The molecule has 3 heterocycles. The lowest BCUT2D eigenvalue weighted by Gasteiger charge is -2.35. The zero-order chi connectivity index (χ0) is 23.3. The number of nitrogens with one attached hydrogen (secondary N) is 1. The molecule has 0 spiro atoms. The zero-order valence-corrected chi connectivity index (χ0v) is 20.1. The number of carbonyl (C=O) groups is 1. The Bertz CT molecular complexity index is 1210. The van der Waals surface area contributed by atoms with Crippen molar-refractivity contribution in [2.24, 2.45) is 0 Å². The quantitative estimate of drug-likeness (QED) is 0.412. The third kappa shape index (κ3) is 5.21. The van der Waals surface area contributed by atoms with Crippen molar-refractivity contribution in [1.82, 2.24) is 15.2 Å². The number of aromatic nitrogens is 1. The maximum atomic E-state index is 12.4. The number of hydrogen-bond donors (Lipinski definition) is 1. The molecule has 4 aromatic rings. The Kier molecular flexibility index (Phi) is 6.74. The molecule has 0 atom stereocenters. The normalized spacial score (nSPS) is 14.3. The molecular formula is C27H28N4O2S. The Morgan fingerprint density at radius 2 is 1.76 bits per heavy atom. The van der Waals surface area contributed by atoms with E-state index in [4.69, 9.17) is 9.40 Å². The monoisotopic (exact) mass is 472 g/mol. The number of amides is 1. The summed E-state index contributed by atoms with van der Waals surface area (Å²) in [7, 11) is 0. The minimum Gasteiger partial charge on any atom is -0.441 e. The van der Waals surface area contributed by atoms with E-state index in [0.717, 1.165) is 54.6 Å². The van der Waals surface area contributed by atoms with Gasteiger partial charge in [0.25, 0.3) is 5.91 Å². The molecule has 0 saturated carbocycles. The summed E-state index contributed by atoms with van der Waals surface area (Å²) >= 11 is 1.63. The van der Waals surface area contributed by atoms with Crippen LogP contribution in [0.25, 0.3) is 11.5 Å². The number of thiophene rings is 1. The van der Waals surface area contributed by atoms with Crippen molar-refractivity contribution < 1.29 is 9.21 Å². The summed E-state index contributed by atoms with van der Waals surface area (Å²) < 4.78 is 5.98. The van der Waals surface area contributed by atoms with Gasteiger partial charge in [0, 0.05) is 54.4 Å². The summed E-state index contributed by atoms with van der Waals surface area (Å²) in [5, 5.41) is 4.96. The molecule has 1 aliphatic rings. The van der Waals surface area contributed by atoms with Gasteiger partial charge in [0.05, 0.1) is 12.2 Å². The third-order valence-electron chi connectivity index (χ3n) is 6.16. The SMILES string of the molecule is Cc1oc(-c2ccc(C(=O)NCc3cccs3)cc2)nc1CN1CCN(c2ccccc2)CC1. The van der Waals surface area contributed by atoms with Crippen LogP contribution in [0.4, 0.5) is 5.69 Å². The van der Waals surface area contributed by atoms with Crippen LogP contribution in [0.15, 0.2) is 76.5 Å². The molecule has 6 nitrogen and oxygen atoms in total. The molecule has 174 valence electrons. The topological polar surface area (TPSA) is 61.6 Å². The maximum absolute atomic E-state index is 12.4. The molecule has 0 bridgehead atoms. The molecule has 7 heteroatoms. The summed E-state index contributed by atoms with van der Waals surface area (Å²) in [4.78, 5) is 23.2. The van der Waals surface area contributed by atoms with Gasteiger partial charge in [-0.3, -0.25) is 9.69 Å². The number of carbonyl (C=O) groups excluding carboxylic acids is 1. The van der Waals surface area contributed by atoms with Crippen LogP contribution in [0.2, 0.25) is 0 Å². The van der Waals surface area contributed by atoms with Gasteiger partial charge < -0.3 is 14.6 Å². The first-order valence-corrected chi connectivity index (χ1v) is 12.4. The lowest BCUT2D eigenvalue weighted by molar-refractivity contribution is 0.0951. The Balaban J connectivity index is 1.18. The van der Waals surface area contributed by atoms with E-state index in [2.05, 4.69) is 45.4 Å². The van der Waals surface area contributed by atoms with Gasteiger partial charge in [-0.25, -0.2) is 4.98 Å². The van der Waals surface area contributed by atoms with Gasteiger partial charge >= 0.3 is 0 Å². The fourth-order valence-corrected chi connectivity index (χ4v) is 4.80. The fourth-order valence-electron chi connectivity index (χ4n) is 4.16. The molecule has 1 saturated heterocycles. The molecule has 2 aromatic carbocycles. The standard InChI is InChI=1S/C27H28N4O2S/c1-20-25(19-30-13-15-31(16-14-30)23-6-3-2-4-7-23)29-27(33-20)22-11-9-21(10-12-22)26(32)28-18-24-8-5-17-34-24/h2-12,17H,13-16,18-19H2,1H3,(H,28,32). The van der Waals surface area contributed by atoms with Gasteiger partial charge in [0.15, 0.2) is 0 Å². The number of nitrogens with zero attached hydrogens (tertiary/aromatic N) is 3. The van der Waals surface area contributed by atoms with Crippen LogP contribution in [0.3, 0.4) is 0 Å². The van der Waals surface area contributed by atoms with Gasteiger partial charge in [0.2, 0.25) is 5.89 Å². The van der Waals surface area contributed by atoms with Crippen LogP contribution in [0.1, 0.15) is 26.7 Å². The molecule has 0 aliphatic carbocycles. The lowest BCUT2D eigenvalue weighted by Crippen LogP contribution is -2.46. The van der Waals surface area contributed by atoms with Crippen LogP contribution in [0.5, 0.6) is 0 Å². The second-order valence-corrected chi connectivity index (χ2v) is 9.49. The van der Waals surface area contributed by atoms with Crippen LogP contribution < -0.4 is 10.2 Å². The van der Waals surface area contributed by atoms with E-state index in [-0.39, 0.29) is 5.91 Å². The molecule has 1 fully saturated rings. The number of anilines is 1. The molecule has 2 aromatic heterocycles. The highest BCUT2D eigenvalue weighted by Gasteiger charge is 2.20. The highest BCUT2D eigenvalue weighted by molar-refractivity contribution is 7.09. The first kappa shape index (κ1) is 22.4. The second kappa shape index (κ2) is 10.2. The number of hydrogen-bond acceptors (Lipinski definition) is 6. The van der Waals surface area contributed by atoms with E-state index in [1.807, 2.05) is 48.7 Å². The molecule has 5 rings (SSSR count). The summed E-state index contributed by atoms with van der Waals surface area (Å²) in [6, 6.07) is 22.0. The number of oxazole rings is 1. The molecular weight excluding hydrogens is 444 g/mol. The average Bonchev–Trinajstić information content (AvgIpc) is 3.54. The molecule has 1 aliphatic heterocycles. The van der Waals surface area contributed by atoms with Crippen molar-refractivity contribution in [2.75, 3.05) is 31.1 Å². The Morgan fingerprint density at radius 1 is 1.00 bits per heavy atom. The lowest BCUT2D eigenvalue weighted by atomic mass is 10.1. The van der Waals surface area contributed by atoms with Crippen molar-refractivity contribution in [3.8, 4) is 11.5 Å². The highest BCUT2D eigenvalue weighted by Crippen LogP contribution is 2.24. The Hall–Kier alpha value is -3.42. The number of aryl methyl sites for hydroxylation is 1.